The highest BCUT2D eigenvalue weighted by Crippen LogP contribution is 2.25. The van der Waals surface area contributed by atoms with Crippen molar-refractivity contribution in [1.82, 2.24) is 15.1 Å². The number of aliphatic hydroxyl groups is 1. The molecular weight excluding hydrogens is 304 g/mol. The lowest BCUT2D eigenvalue weighted by Gasteiger charge is -2.28. The summed E-state index contributed by atoms with van der Waals surface area (Å²) in [5.41, 5.74) is 7.63. The molecule has 2 unspecified atom stereocenters. The topological polar surface area (TPSA) is 81.8 Å². The summed E-state index contributed by atoms with van der Waals surface area (Å²) in [6.07, 6.45) is 1.52. The van der Waals surface area contributed by atoms with E-state index in [9.17, 15) is 9.90 Å². The molecular formula is C18H30N4O2. The molecule has 6 heteroatoms. The van der Waals surface area contributed by atoms with Gasteiger partial charge >= 0.3 is 0 Å². The average molecular weight is 334 g/mol. The largest absolute Gasteiger partial charge is 0.365 e. The van der Waals surface area contributed by atoms with Gasteiger partial charge in [-0.05, 0) is 31.0 Å². The Kier molecular flexibility index (Phi) is 6.74. The van der Waals surface area contributed by atoms with Crippen LogP contribution in [0, 0.1) is 0 Å². The molecule has 1 amide bonds. The molecule has 0 spiro atoms. The fourth-order valence-electron chi connectivity index (χ4n) is 3.32. The molecule has 0 aromatic heterocycles. The minimum Gasteiger partial charge on any atom is -0.365 e. The van der Waals surface area contributed by atoms with Crippen LogP contribution in [0.4, 0.5) is 0 Å². The SMILES string of the molecule is CCC[C@H]1CN(CC(C)N)C(O)N1Cc1ccc(C(=O)NC)cc1. The van der Waals surface area contributed by atoms with E-state index in [4.69, 9.17) is 5.73 Å². The third-order valence-electron chi connectivity index (χ3n) is 4.49. The number of nitrogens with two attached hydrogens (primary N) is 1. The van der Waals surface area contributed by atoms with Crippen molar-refractivity contribution in [1.29, 1.82) is 0 Å². The maximum absolute atomic E-state index is 11.6. The lowest BCUT2D eigenvalue weighted by atomic mass is 10.1. The molecule has 0 radical (unpaired) electrons. The molecule has 6 nitrogen and oxygen atoms in total. The van der Waals surface area contributed by atoms with E-state index >= 15 is 0 Å². The Morgan fingerprint density at radius 1 is 1.42 bits per heavy atom. The molecule has 2 rings (SSSR count). The Morgan fingerprint density at radius 2 is 2.08 bits per heavy atom. The zero-order valence-corrected chi connectivity index (χ0v) is 14.9. The van der Waals surface area contributed by atoms with E-state index in [2.05, 4.69) is 17.1 Å². The minimum atomic E-state index is -0.605. The highest BCUT2D eigenvalue weighted by molar-refractivity contribution is 5.93. The summed E-state index contributed by atoms with van der Waals surface area (Å²) in [6.45, 7) is 6.31. The molecule has 1 saturated heterocycles. The third-order valence-corrected chi connectivity index (χ3v) is 4.49. The van der Waals surface area contributed by atoms with E-state index in [0.717, 1.165) is 24.9 Å². The summed E-state index contributed by atoms with van der Waals surface area (Å²) in [7, 11) is 1.62. The second kappa shape index (κ2) is 8.58. The first-order chi connectivity index (χ1) is 11.5. The first kappa shape index (κ1) is 18.9. The number of carbonyl (C=O) groups is 1. The molecule has 24 heavy (non-hydrogen) atoms. The number of aliphatic hydroxyl groups excluding tert-OH is 1. The van der Waals surface area contributed by atoms with Crippen molar-refractivity contribution in [3.05, 3.63) is 35.4 Å². The number of benzene rings is 1. The van der Waals surface area contributed by atoms with Gasteiger partial charge < -0.3 is 16.2 Å². The van der Waals surface area contributed by atoms with Gasteiger partial charge in [0.15, 0.2) is 6.35 Å². The molecule has 1 fully saturated rings. The van der Waals surface area contributed by atoms with Gasteiger partial charge in [0.05, 0.1) is 0 Å². The first-order valence-electron chi connectivity index (χ1n) is 8.70. The molecule has 4 N–H and O–H groups in total. The zero-order chi connectivity index (χ0) is 17.7. The summed E-state index contributed by atoms with van der Waals surface area (Å²) in [6, 6.07) is 7.91. The van der Waals surface area contributed by atoms with E-state index < -0.39 is 6.35 Å². The Bertz CT molecular complexity index is 532. The number of hydrogen-bond donors (Lipinski definition) is 3. The summed E-state index contributed by atoms with van der Waals surface area (Å²) in [5, 5.41) is 13.3. The first-order valence-corrected chi connectivity index (χ1v) is 8.70. The second-order valence-corrected chi connectivity index (χ2v) is 6.67. The molecule has 0 bridgehead atoms. The van der Waals surface area contributed by atoms with Crippen molar-refractivity contribution in [2.45, 2.75) is 51.7 Å². The van der Waals surface area contributed by atoms with Gasteiger partial charge in [0, 0.05) is 44.3 Å². The van der Waals surface area contributed by atoms with Gasteiger partial charge in [0.2, 0.25) is 0 Å². The lowest BCUT2D eigenvalue weighted by molar-refractivity contribution is -0.0705. The predicted octanol–water partition coefficient (Wildman–Crippen LogP) is 0.956. The van der Waals surface area contributed by atoms with Gasteiger partial charge in [-0.3, -0.25) is 14.6 Å². The van der Waals surface area contributed by atoms with Gasteiger partial charge in [-0.15, -0.1) is 0 Å². The van der Waals surface area contributed by atoms with Crippen molar-refractivity contribution < 1.29 is 9.90 Å². The number of nitrogens with zero attached hydrogens (tertiary/aromatic N) is 2. The van der Waals surface area contributed by atoms with Crippen LogP contribution in [-0.4, -0.2) is 59.4 Å². The average Bonchev–Trinajstić information content (AvgIpc) is 2.83. The van der Waals surface area contributed by atoms with E-state index in [-0.39, 0.29) is 11.9 Å². The predicted molar refractivity (Wildman–Crippen MR) is 95.3 cm³/mol. The van der Waals surface area contributed by atoms with Crippen LogP contribution in [0.2, 0.25) is 0 Å². The highest BCUT2D eigenvalue weighted by atomic mass is 16.3. The van der Waals surface area contributed by atoms with Crippen molar-refractivity contribution in [3.63, 3.8) is 0 Å². The lowest BCUT2D eigenvalue weighted by Crippen LogP contribution is -2.43. The smallest absolute Gasteiger partial charge is 0.251 e. The Morgan fingerprint density at radius 3 is 2.62 bits per heavy atom. The number of amides is 1. The van der Waals surface area contributed by atoms with Crippen LogP contribution in [0.1, 0.15) is 42.6 Å². The van der Waals surface area contributed by atoms with E-state index in [1.165, 1.54) is 0 Å². The van der Waals surface area contributed by atoms with E-state index in [1.54, 1.807) is 7.05 Å². The standard InChI is InChI=1S/C18H30N4O2/c1-4-5-16-12-21(10-13(2)19)18(24)22(16)11-14-6-8-15(9-7-14)17(23)20-3/h6-9,13,16,18,24H,4-5,10-12,19H2,1-3H3,(H,20,23)/t13?,16-,18?/m0/s1. The van der Waals surface area contributed by atoms with Gasteiger partial charge in [-0.1, -0.05) is 25.5 Å². The van der Waals surface area contributed by atoms with Gasteiger partial charge in [0.25, 0.3) is 5.91 Å². The fraction of sp³-hybridized carbons (Fsp3) is 0.611. The van der Waals surface area contributed by atoms with Crippen molar-refractivity contribution >= 4 is 5.91 Å². The zero-order valence-electron chi connectivity index (χ0n) is 14.9. The molecule has 1 aliphatic rings. The molecule has 0 saturated carbocycles. The summed E-state index contributed by atoms with van der Waals surface area (Å²) >= 11 is 0. The van der Waals surface area contributed by atoms with Gasteiger partial charge in [0.1, 0.15) is 0 Å². The summed E-state index contributed by atoms with van der Waals surface area (Å²) < 4.78 is 0. The summed E-state index contributed by atoms with van der Waals surface area (Å²) in [4.78, 5) is 15.8. The van der Waals surface area contributed by atoms with E-state index in [0.29, 0.717) is 24.7 Å². The number of hydrogen-bond acceptors (Lipinski definition) is 5. The summed E-state index contributed by atoms with van der Waals surface area (Å²) in [5.74, 6) is -0.0882. The van der Waals surface area contributed by atoms with Crippen LogP contribution in [0.3, 0.4) is 0 Å². The second-order valence-electron chi connectivity index (χ2n) is 6.67. The Labute approximate surface area is 144 Å². The van der Waals surface area contributed by atoms with Crippen LogP contribution in [0.15, 0.2) is 24.3 Å². The normalized spacial score (nSPS) is 23.4. The molecule has 1 heterocycles. The highest BCUT2D eigenvalue weighted by Gasteiger charge is 2.37. The molecule has 1 aromatic rings. The maximum Gasteiger partial charge on any atom is 0.251 e. The van der Waals surface area contributed by atoms with Crippen LogP contribution in [-0.2, 0) is 6.54 Å². The molecule has 134 valence electrons. The Hall–Kier alpha value is -1.47. The van der Waals surface area contributed by atoms with Gasteiger partial charge in [-0.25, -0.2) is 0 Å². The van der Waals surface area contributed by atoms with Crippen molar-refractivity contribution in [2.75, 3.05) is 20.1 Å². The Balaban J connectivity index is 2.08. The number of carbonyl (C=O) groups excluding carboxylic acids is 1. The third kappa shape index (κ3) is 4.54. The molecule has 0 aliphatic carbocycles. The molecule has 1 aromatic carbocycles. The van der Waals surface area contributed by atoms with Crippen molar-refractivity contribution in [2.24, 2.45) is 5.73 Å². The van der Waals surface area contributed by atoms with Crippen LogP contribution >= 0.6 is 0 Å². The maximum atomic E-state index is 11.6. The number of nitrogens with one attached hydrogen (secondary N) is 1. The fourth-order valence-corrected chi connectivity index (χ4v) is 3.32. The molecule has 3 atom stereocenters. The minimum absolute atomic E-state index is 0.0358. The van der Waals surface area contributed by atoms with Crippen molar-refractivity contribution in [3.8, 4) is 0 Å². The number of rotatable bonds is 7. The quantitative estimate of drug-likeness (QED) is 0.692. The van der Waals surface area contributed by atoms with Crippen LogP contribution in [0.25, 0.3) is 0 Å². The van der Waals surface area contributed by atoms with Gasteiger partial charge in [-0.2, -0.15) is 0 Å². The molecule has 1 aliphatic heterocycles. The van der Waals surface area contributed by atoms with Crippen LogP contribution < -0.4 is 11.1 Å². The monoisotopic (exact) mass is 334 g/mol. The van der Waals surface area contributed by atoms with E-state index in [1.807, 2.05) is 36.1 Å². The van der Waals surface area contributed by atoms with Crippen LogP contribution in [0.5, 0.6) is 0 Å².